The van der Waals surface area contributed by atoms with Crippen LogP contribution in [-0.4, -0.2) is 35.7 Å². The Kier molecular flexibility index (Phi) is 3.02. The second-order valence-corrected chi connectivity index (χ2v) is 5.56. The third-order valence-electron chi connectivity index (χ3n) is 3.21. The Morgan fingerprint density at radius 2 is 2.20 bits per heavy atom. The van der Waals surface area contributed by atoms with Crippen molar-refractivity contribution in [3.8, 4) is 11.3 Å². The third kappa shape index (κ3) is 2.70. The molecule has 0 aliphatic heterocycles. The molecule has 6 nitrogen and oxygen atoms in total. The maximum Gasteiger partial charge on any atom is 0.113 e. The first-order chi connectivity index (χ1) is 9.51. The number of nitrogens with zero attached hydrogens (tertiary/aromatic N) is 4. The molecule has 0 fully saturated rings. The third-order valence-corrected chi connectivity index (χ3v) is 3.21. The van der Waals surface area contributed by atoms with E-state index >= 15 is 0 Å². The van der Waals surface area contributed by atoms with Crippen LogP contribution in [0, 0.1) is 0 Å². The van der Waals surface area contributed by atoms with Gasteiger partial charge in [-0.25, -0.2) is 4.98 Å². The molecule has 2 N–H and O–H groups in total. The standard InChI is InChI=1S/C14H17N5O/c1-14(2,20)5-6-19-8-13(17-18-19)10-3-4-11-12(7-10)16-9-15-11/h3-4,7-9,20H,5-6H2,1-2H3,(H,15,16). The Hall–Kier alpha value is -2.21. The highest BCUT2D eigenvalue weighted by Gasteiger charge is 2.13. The van der Waals surface area contributed by atoms with Gasteiger partial charge in [0.05, 0.1) is 29.2 Å². The second kappa shape index (κ2) is 4.72. The molecule has 0 atom stereocenters. The molecule has 1 aromatic carbocycles. The van der Waals surface area contributed by atoms with E-state index in [2.05, 4.69) is 20.3 Å². The topological polar surface area (TPSA) is 79.6 Å². The van der Waals surface area contributed by atoms with E-state index in [1.165, 1.54) is 0 Å². The lowest BCUT2D eigenvalue weighted by atomic mass is 10.1. The number of imidazole rings is 1. The van der Waals surface area contributed by atoms with Gasteiger partial charge in [0, 0.05) is 12.1 Å². The number of benzene rings is 1. The largest absolute Gasteiger partial charge is 0.390 e. The van der Waals surface area contributed by atoms with Crippen LogP contribution in [-0.2, 0) is 6.54 Å². The van der Waals surface area contributed by atoms with E-state index in [4.69, 9.17) is 0 Å². The van der Waals surface area contributed by atoms with E-state index in [0.717, 1.165) is 22.3 Å². The molecule has 2 aromatic heterocycles. The average Bonchev–Trinajstić information content (AvgIpc) is 3.03. The van der Waals surface area contributed by atoms with Crippen molar-refractivity contribution in [1.82, 2.24) is 25.0 Å². The van der Waals surface area contributed by atoms with Crippen molar-refractivity contribution in [3.05, 3.63) is 30.7 Å². The van der Waals surface area contributed by atoms with Gasteiger partial charge in [0.15, 0.2) is 0 Å². The summed E-state index contributed by atoms with van der Waals surface area (Å²) in [5.74, 6) is 0. The normalized spacial score (nSPS) is 12.2. The van der Waals surface area contributed by atoms with Gasteiger partial charge < -0.3 is 10.1 Å². The Morgan fingerprint density at radius 1 is 1.35 bits per heavy atom. The van der Waals surface area contributed by atoms with Gasteiger partial charge in [-0.1, -0.05) is 11.3 Å². The Balaban J connectivity index is 1.82. The lowest BCUT2D eigenvalue weighted by Crippen LogP contribution is -2.21. The van der Waals surface area contributed by atoms with Gasteiger partial charge in [0.25, 0.3) is 0 Å². The zero-order valence-corrected chi connectivity index (χ0v) is 11.5. The highest BCUT2D eigenvalue weighted by atomic mass is 16.3. The van der Waals surface area contributed by atoms with Gasteiger partial charge >= 0.3 is 0 Å². The lowest BCUT2D eigenvalue weighted by Gasteiger charge is -2.15. The number of aliphatic hydroxyl groups is 1. The molecule has 0 spiro atoms. The maximum absolute atomic E-state index is 9.72. The van der Waals surface area contributed by atoms with E-state index in [-0.39, 0.29) is 0 Å². The quantitative estimate of drug-likeness (QED) is 0.760. The smallest absolute Gasteiger partial charge is 0.113 e. The van der Waals surface area contributed by atoms with Crippen molar-refractivity contribution in [2.24, 2.45) is 0 Å². The van der Waals surface area contributed by atoms with Crippen LogP contribution in [0.25, 0.3) is 22.3 Å². The number of aryl methyl sites for hydroxylation is 1. The molecule has 0 bridgehead atoms. The predicted molar refractivity (Wildman–Crippen MR) is 76.0 cm³/mol. The number of fused-ring (bicyclic) bond motifs is 1. The summed E-state index contributed by atoms with van der Waals surface area (Å²) in [5.41, 5.74) is 3.03. The first kappa shape index (κ1) is 12.8. The second-order valence-electron chi connectivity index (χ2n) is 5.56. The first-order valence-electron chi connectivity index (χ1n) is 6.57. The zero-order chi connectivity index (χ0) is 14.2. The number of H-pyrrole nitrogens is 1. The summed E-state index contributed by atoms with van der Waals surface area (Å²) in [5, 5.41) is 18.0. The van der Waals surface area contributed by atoms with Crippen LogP contribution in [0.4, 0.5) is 0 Å². The minimum atomic E-state index is -0.694. The SMILES string of the molecule is CC(C)(O)CCn1cc(-c2ccc3nc[nH]c3c2)nn1. The summed E-state index contributed by atoms with van der Waals surface area (Å²) < 4.78 is 1.75. The Morgan fingerprint density at radius 3 is 3.00 bits per heavy atom. The minimum absolute atomic E-state index is 0.634. The summed E-state index contributed by atoms with van der Waals surface area (Å²) in [6, 6.07) is 5.94. The van der Waals surface area contributed by atoms with E-state index in [1.807, 2.05) is 24.4 Å². The van der Waals surface area contributed by atoms with Gasteiger partial charge in [0.2, 0.25) is 0 Å². The van der Waals surface area contributed by atoms with Crippen molar-refractivity contribution in [3.63, 3.8) is 0 Å². The van der Waals surface area contributed by atoms with Gasteiger partial charge in [0.1, 0.15) is 5.69 Å². The molecule has 0 aliphatic rings. The predicted octanol–water partition coefficient (Wildman–Crippen LogP) is 1.98. The zero-order valence-electron chi connectivity index (χ0n) is 11.5. The molecular formula is C14H17N5O. The number of rotatable bonds is 4. The lowest BCUT2D eigenvalue weighted by molar-refractivity contribution is 0.0649. The summed E-state index contributed by atoms with van der Waals surface area (Å²) in [4.78, 5) is 7.27. The molecule has 104 valence electrons. The molecular weight excluding hydrogens is 254 g/mol. The summed E-state index contributed by atoms with van der Waals surface area (Å²) >= 11 is 0. The fourth-order valence-corrected chi connectivity index (χ4v) is 2.02. The monoisotopic (exact) mass is 271 g/mol. The number of aromatic amines is 1. The molecule has 0 saturated heterocycles. The summed E-state index contributed by atoms with van der Waals surface area (Å²) in [6.07, 6.45) is 4.20. The van der Waals surface area contributed by atoms with Gasteiger partial charge in [-0.15, -0.1) is 5.10 Å². The number of aromatic nitrogens is 5. The molecule has 0 aliphatic carbocycles. The molecule has 0 saturated carbocycles. The van der Waals surface area contributed by atoms with Crippen LogP contribution in [0.5, 0.6) is 0 Å². The molecule has 0 amide bonds. The summed E-state index contributed by atoms with van der Waals surface area (Å²) in [7, 11) is 0. The van der Waals surface area contributed by atoms with Gasteiger partial charge in [-0.2, -0.15) is 0 Å². The summed E-state index contributed by atoms with van der Waals surface area (Å²) in [6.45, 7) is 4.22. The van der Waals surface area contributed by atoms with Crippen molar-refractivity contribution in [2.75, 3.05) is 0 Å². The Bertz CT molecular complexity index is 722. The van der Waals surface area contributed by atoms with E-state index in [0.29, 0.717) is 13.0 Å². The fraction of sp³-hybridized carbons (Fsp3) is 0.357. The van der Waals surface area contributed by atoms with Crippen LogP contribution in [0.2, 0.25) is 0 Å². The van der Waals surface area contributed by atoms with Crippen LogP contribution < -0.4 is 0 Å². The maximum atomic E-state index is 9.72. The van der Waals surface area contributed by atoms with Gasteiger partial charge in [-0.05, 0) is 32.4 Å². The highest BCUT2D eigenvalue weighted by molar-refractivity contribution is 5.80. The van der Waals surface area contributed by atoms with Crippen LogP contribution in [0.3, 0.4) is 0 Å². The number of hydrogen-bond donors (Lipinski definition) is 2. The minimum Gasteiger partial charge on any atom is -0.390 e. The van der Waals surface area contributed by atoms with Gasteiger partial charge in [-0.3, -0.25) is 4.68 Å². The Labute approximate surface area is 116 Å². The molecule has 3 rings (SSSR count). The molecule has 0 radical (unpaired) electrons. The fourth-order valence-electron chi connectivity index (χ4n) is 2.02. The number of nitrogens with one attached hydrogen (secondary N) is 1. The average molecular weight is 271 g/mol. The van der Waals surface area contributed by atoms with Crippen molar-refractivity contribution < 1.29 is 5.11 Å². The van der Waals surface area contributed by atoms with Crippen LogP contribution in [0.1, 0.15) is 20.3 Å². The first-order valence-corrected chi connectivity index (χ1v) is 6.57. The van der Waals surface area contributed by atoms with Crippen LogP contribution in [0.15, 0.2) is 30.7 Å². The molecule has 20 heavy (non-hydrogen) atoms. The van der Waals surface area contributed by atoms with E-state index < -0.39 is 5.60 Å². The van der Waals surface area contributed by atoms with Crippen molar-refractivity contribution >= 4 is 11.0 Å². The van der Waals surface area contributed by atoms with E-state index in [9.17, 15) is 5.11 Å². The van der Waals surface area contributed by atoms with Crippen LogP contribution >= 0.6 is 0 Å². The van der Waals surface area contributed by atoms with E-state index in [1.54, 1.807) is 24.9 Å². The molecule has 6 heteroatoms. The molecule has 2 heterocycles. The molecule has 3 aromatic rings. The van der Waals surface area contributed by atoms with Crippen molar-refractivity contribution in [1.29, 1.82) is 0 Å². The van der Waals surface area contributed by atoms with Crippen molar-refractivity contribution in [2.45, 2.75) is 32.4 Å². The molecule has 0 unspecified atom stereocenters. The number of hydrogen-bond acceptors (Lipinski definition) is 4. The highest BCUT2D eigenvalue weighted by Crippen LogP contribution is 2.20.